The number of benzene rings is 1. The minimum atomic E-state index is -3.41. The van der Waals surface area contributed by atoms with Crippen molar-refractivity contribution in [2.75, 3.05) is 0 Å². The zero-order valence-electron chi connectivity index (χ0n) is 12.6. The van der Waals surface area contributed by atoms with E-state index in [0.717, 1.165) is 18.4 Å². The van der Waals surface area contributed by atoms with Gasteiger partial charge in [0, 0.05) is 12.1 Å². The summed E-state index contributed by atoms with van der Waals surface area (Å²) >= 11 is 0. The summed E-state index contributed by atoms with van der Waals surface area (Å²) in [6.45, 7) is 9.93. The molecule has 0 saturated heterocycles. The first-order valence-corrected chi connectivity index (χ1v) is 8.38. The van der Waals surface area contributed by atoms with Gasteiger partial charge in [-0.25, -0.2) is 8.42 Å². The highest BCUT2D eigenvalue weighted by molar-refractivity contribution is 7.89. The molecular formula is C15H25NO2S. The van der Waals surface area contributed by atoms with E-state index in [-0.39, 0.29) is 12.1 Å². The van der Waals surface area contributed by atoms with Crippen LogP contribution in [0.2, 0.25) is 0 Å². The summed E-state index contributed by atoms with van der Waals surface area (Å²) in [4.78, 5) is 0.388. The molecule has 0 saturated carbocycles. The first kappa shape index (κ1) is 16.2. The average molecular weight is 283 g/mol. The SMILES string of the molecule is CC[C@@H](C)N([C@H](C)CC)S(=O)(=O)c1ccc(C)cc1. The van der Waals surface area contributed by atoms with Crippen LogP contribution in [0.5, 0.6) is 0 Å². The molecule has 4 heteroatoms. The predicted octanol–water partition coefficient (Wildman–Crippen LogP) is 3.58. The molecule has 3 nitrogen and oxygen atoms in total. The van der Waals surface area contributed by atoms with Crippen LogP contribution in [0.25, 0.3) is 0 Å². The largest absolute Gasteiger partial charge is 0.243 e. The highest BCUT2D eigenvalue weighted by Gasteiger charge is 2.31. The zero-order chi connectivity index (χ0) is 14.6. The summed E-state index contributed by atoms with van der Waals surface area (Å²) in [6.07, 6.45) is 1.63. The van der Waals surface area contributed by atoms with Gasteiger partial charge in [-0.3, -0.25) is 0 Å². The monoisotopic (exact) mass is 283 g/mol. The van der Waals surface area contributed by atoms with E-state index in [1.807, 2.05) is 46.8 Å². The van der Waals surface area contributed by atoms with Gasteiger partial charge >= 0.3 is 0 Å². The molecule has 0 amide bonds. The first-order chi connectivity index (χ1) is 8.84. The molecule has 0 fully saturated rings. The van der Waals surface area contributed by atoms with Crippen LogP contribution in [0.3, 0.4) is 0 Å². The second kappa shape index (κ2) is 6.53. The lowest BCUT2D eigenvalue weighted by molar-refractivity contribution is 0.262. The fraction of sp³-hybridized carbons (Fsp3) is 0.600. The number of sulfonamides is 1. The third-order valence-corrected chi connectivity index (χ3v) is 5.79. The predicted molar refractivity (Wildman–Crippen MR) is 79.7 cm³/mol. The van der Waals surface area contributed by atoms with Gasteiger partial charge in [-0.2, -0.15) is 4.31 Å². The minimum Gasteiger partial charge on any atom is -0.207 e. The van der Waals surface area contributed by atoms with E-state index in [0.29, 0.717) is 4.90 Å². The molecule has 0 aliphatic heterocycles. The van der Waals surface area contributed by atoms with Crippen molar-refractivity contribution < 1.29 is 8.42 Å². The summed E-state index contributed by atoms with van der Waals surface area (Å²) in [6, 6.07) is 7.11. The van der Waals surface area contributed by atoms with Gasteiger partial charge in [0.1, 0.15) is 0 Å². The highest BCUT2D eigenvalue weighted by atomic mass is 32.2. The van der Waals surface area contributed by atoms with Crippen molar-refractivity contribution >= 4 is 10.0 Å². The summed E-state index contributed by atoms with van der Waals surface area (Å²) in [5.41, 5.74) is 1.07. The molecule has 0 radical (unpaired) electrons. The maximum Gasteiger partial charge on any atom is 0.243 e. The Balaban J connectivity index is 3.23. The Hall–Kier alpha value is -0.870. The highest BCUT2D eigenvalue weighted by Crippen LogP contribution is 2.23. The van der Waals surface area contributed by atoms with Crippen molar-refractivity contribution in [3.8, 4) is 0 Å². The Morgan fingerprint density at radius 1 is 1.00 bits per heavy atom. The Kier molecular flexibility index (Phi) is 5.56. The van der Waals surface area contributed by atoms with Crippen molar-refractivity contribution in [1.29, 1.82) is 0 Å². The van der Waals surface area contributed by atoms with Crippen LogP contribution in [0.1, 0.15) is 46.1 Å². The molecule has 2 atom stereocenters. The molecule has 0 aliphatic carbocycles. The Morgan fingerprint density at radius 3 is 1.79 bits per heavy atom. The second-order valence-corrected chi connectivity index (χ2v) is 7.01. The third-order valence-electron chi connectivity index (χ3n) is 3.65. The molecule has 1 rings (SSSR count). The van der Waals surface area contributed by atoms with Crippen molar-refractivity contribution in [3.63, 3.8) is 0 Å². The van der Waals surface area contributed by atoms with Gasteiger partial charge in [0.2, 0.25) is 10.0 Å². The fourth-order valence-electron chi connectivity index (χ4n) is 2.10. The number of rotatable bonds is 6. The van der Waals surface area contributed by atoms with Crippen LogP contribution in [0.15, 0.2) is 29.2 Å². The molecule has 108 valence electrons. The first-order valence-electron chi connectivity index (χ1n) is 6.94. The van der Waals surface area contributed by atoms with E-state index in [2.05, 4.69) is 0 Å². The number of aryl methyl sites for hydroxylation is 1. The van der Waals surface area contributed by atoms with Crippen LogP contribution in [0.4, 0.5) is 0 Å². The van der Waals surface area contributed by atoms with Crippen molar-refractivity contribution in [3.05, 3.63) is 29.8 Å². The van der Waals surface area contributed by atoms with E-state index in [1.54, 1.807) is 16.4 Å². The average Bonchev–Trinajstić information content (AvgIpc) is 2.38. The van der Waals surface area contributed by atoms with E-state index in [4.69, 9.17) is 0 Å². The van der Waals surface area contributed by atoms with Gasteiger partial charge in [-0.15, -0.1) is 0 Å². The molecule has 0 heterocycles. The molecule has 19 heavy (non-hydrogen) atoms. The number of hydrogen-bond acceptors (Lipinski definition) is 2. The van der Waals surface area contributed by atoms with Crippen LogP contribution in [-0.4, -0.2) is 24.8 Å². The summed E-state index contributed by atoms with van der Waals surface area (Å²) < 4.78 is 27.2. The summed E-state index contributed by atoms with van der Waals surface area (Å²) in [5, 5.41) is 0. The molecule has 1 aromatic carbocycles. The lowest BCUT2D eigenvalue weighted by Crippen LogP contribution is -2.44. The maximum atomic E-state index is 12.8. The zero-order valence-corrected chi connectivity index (χ0v) is 13.4. The molecule has 0 unspecified atom stereocenters. The van der Waals surface area contributed by atoms with Gasteiger partial charge in [-0.05, 0) is 45.7 Å². The normalized spacial score (nSPS) is 15.5. The minimum absolute atomic E-state index is 0.0150. The third kappa shape index (κ3) is 3.57. The van der Waals surface area contributed by atoms with Crippen LogP contribution in [-0.2, 0) is 10.0 Å². The topological polar surface area (TPSA) is 37.4 Å². The van der Waals surface area contributed by atoms with Crippen LogP contribution >= 0.6 is 0 Å². The molecule has 0 bridgehead atoms. The van der Waals surface area contributed by atoms with Gasteiger partial charge in [0.05, 0.1) is 4.90 Å². The molecule has 0 aromatic heterocycles. The van der Waals surface area contributed by atoms with Crippen LogP contribution in [0, 0.1) is 6.92 Å². The lowest BCUT2D eigenvalue weighted by atomic mass is 10.2. The van der Waals surface area contributed by atoms with Gasteiger partial charge in [-0.1, -0.05) is 31.5 Å². The summed E-state index contributed by atoms with van der Waals surface area (Å²) in [5.74, 6) is 0. The smallest absolute Gasteiger partial charge is 0.207 e. The van der Waals surface area contributed by atoms with E-state index >= 15 is 0 Å². The van der Waals surface area contributed by atoms with Crippen molar-refractivity contribution in [2.45, 2.75) is 64.4 Å². The van der Waals surface area contributed by atoms with Crippen molar-refractivity contribution in [1.82, 2.24) is 4.31 Å². The molecular weight excluding hydrogens is 258 g/mol. The van der Waals surface area contributed by atoms with E-state index in [9.17, 15) is 8.42 Å². The maximum absolute atomic E-state index is 12.8. The van der Waals surface area contributed by atoms with E-state index < -0.39 is 10.0 Å². The Morgan fingerprint density at radius 2 is 1.42 bits per heavy atom. The van der Waals surface area contributed by atoms with Gasteiger partial charge in [0.25, 0.3) is 0 Å². The fourth-order valence-corrected chi connectivity index (χ4v) is 4.07. The number of nitrogens with zero attached hydrogens (tertiary/aromatic N) is 1. The second-order valence-electron chi connectivity index (χ2n) is 5.16. The lowest BCUT2D eigenvalue weighted by Gasteiger charge is -2.32. The van der Waals surface area contributed by atoms with Crippen molar-refractivity contribution in [2.24, 2.45) is 0 Å². The quantitative estimate of drug-likeness (QED) is 0.800. The Labute approximate surface area is 117 Å². The molecule has 0 spiro atoms. The van der Waals surface area contributed by atoms with E-state index in [1.165, 1.54) is 0 Å². The summed E-state index contributed by atoms with van der Waals surface area (Å²) in [7, 11) is -3.41. The van der Waals surface area contributed by atoms with Gasteiger partial charge < -0.3 is 0 Å². The molecule has 1 aromatic rings. The standard InChI is InChI=1S/C15H25NO2S/c1-6-13(4)16(14(5)7-2)19(17,18)15-10-8-12(3)9-11-15/h8-11,13-14H,6-7H2,1-5H3/t13-,14-/m1/s1. The van der Waals surface area contributed by atoms with Crippen LogP contribution < -0.4 is 0 Å². The molecule has 0 aliphatic rings. The molecule has 0 N–H and O–H groups in total. The Bertz CT molecular complexity index is 483. The number of hydrogen-bond donors (Lipinski definition) is 0. The van der Waals surface area contributed by atoms with Gasteiger partial charge in [0.15, 0.2) is 0 Å².